The largest absolute Gasteiger partial charge is 0.387 e. The van der Waals surface area contributed by atoms with Crippen molar-refractivity contribution in [2.24, 2.45) is 22.9 Å². The van der Waals surface area contributed by atoms with Gasteiger partial charge >= 0.3 is 0 Å². The molecule has 168 valence electrons. The first-order chi connectivity index (χ1) is 14.7. The SMILES string of the molecule is C=C(/C=C\C=C/C)C1CC(C2CCCCCC(C3CCN(P)CC3)CCCC2)=NO1. The Balaban J connectivity index is 1.48. The lowest BCUT2D eigenvalue weighted by molar-refractivity contribution is 0.114. The third kappa shape index (κ3) is 7.34. The number of piperidine rings is 1. The second kappa shape index (κ2) is 12.8. The van der Waals surface area contributed by atoms with E-state index >= 15 is 0 Å². The molecule has 0 spiro atoms. The van der Waals surface area contributed by atoms with E-state index in [2.05, 4.69) is 31.9 Å². The summed E-state index contributed by atoms with van der Waals surface area (Å²) in [7, 11) is 2.90. The van der Waals surface area contributed by atoms with Crippen LogP contribution >= 0.6 is 9.39 Å². The number of hydrogen-bond acceptors (Lipinski definition) is 3. The highest BCUT2D eigenvalue weighted by molar-refractivity contribution is 7.13. The fraction of sp³-hybridized carbons (Fsp3) is 0.731. The maximum Gasteiger partial charge on any atom is 0.157 e. The lowest BCUT2D eigenvalue weighted by Crippen LogP contribution is -2.30. The Morgan fingerprint density at radius 1 is 0.967 bits per heavy atom. The minimum atomic E-state index is 0.0340. The molecule has 0 aromatic carbocycles. The number of nitrogens with zero attached hydrogens (tertiary/aromatic N) is 2. The second-order valence-corrected chi connectivity index (χ2v) is 10.3. The second-order valence-electron chi connectivity index (χ2n) is 9.59. The molecule has 3 aliphatic rings. The van der Waals surface area contributed by atoms with Crippen LogP contribution in [0.3, 0.4) is 0 Å². The molecular formula is C26H43N2OP. The molecule has 3 rings (SSSR count). The number of rotatable bonds is 5. The quantitative estimate of drug-likeness (QED) is 0.344. The smallest absolute Gasteiger partial charge is 0.157 e. The molecule has 0 amide bonds. The molecule has 4 atom stereocenters. The van der Waals surface area contributed by atoms with Crippen molar-refractivity contribution in [3.8, 4) is 0 Å². The van der Waals surface area contributed by atoms with Crippen LogP contribution < -0.4 is 0 Å². The van der Waals surface area contributed by atoms with Gasteiger partial charge in [0, 0.05) is 25.4 Å². The molecule has 0 radical (unpaired) electrons. The zero-order chi connectivity index (χ0) is 21.2. The van der Waals surface area contributed by atoms with Crippen molar-refractivity contribution in [3.63, 3.8) is 0 Å². The molecule has 4 unspecified atom stereocenters. The summed E-state index contributed by atoms with van der Waals surface area (Å²) in [5, 5.41) is 4.53. The lowest BCUT2D eigenvalue weighted by atomic mass is 9.79. The van der Waals surface area contributed by atoms with Gasteiger partial charge in [0.05, 0.1) is 5.71 Å². The Labute approximate surface area is 187 Å². The van der Waals surface area contributed by atoms with E-state index in [0.29, 0.717) is 5.92 Å². The summed E-state index contributed by atoms with van der Waals surface area (Å²) in [5.74, 6) is 2.54. The maximum atomic E-state index is 5.78. The van der Waals surface area contributed by atoms with Crippen molar-refractivity contribution in [1.29, 1.82) is 0 Å². The van der Waals surface area contributed by atoms with E-state index < -0.39 is 0 Å². The van der Waals surface area contributed by atoms with Gasteiger partial charge in [0.25, 0.3) is 0 Å². The normalized spacial score (nSPS) is 30.9. The minimum Gasteiger partial charge on any atom is -0.387 e. The molecule has 1 saturated heterocycles. The standard InChI is InChI=1S/C26H43N2OP/c1-3-4-6-11-21(2)26-20-25(27-29-26)24-14-8-5-7-12-22(13-9-10-15-24)23-16-18-28(30)19-17-23/h3-4,6,11,22-24,26H,2,5,7-10,12-20,30H2,1H3/b4-3-,11-6-. The van der Waals surface area contributed by atoms with Gasteiger partial charge in [-0.2, -0.15) is 0 Å². The Morgan fingerprint density at radius 3 is 2.33 bits per heavy atom. The zero-order valence-electron chi connectivity index (χ0n) is 19.1. The van der Waals surface area contributed by atoms with Gasteiger partial charge in [0.15, 0.2) is 6.10 Å². The van der Waals surface area contributed by atoms with E-state index in [1.165, 1.54) is 89.4 Å². The summed E-state index contributed by atoms with van der Waals surface area (Å²) in [6, 6.07) is 0. The first-order valence-corrected chi connectivity index (χ1v) is 12.9. The first kappa shape index (κ1) is 23.7. The summed E-state index contributed by atoms with van der Waals surface area (Å²) in [6.07, 6.45) is 24.2. The van der Waals surface area contributed by atoms with Gasteiger partial charge in [-0.15, -0.1) is 0 Å². The predicted molar refractivity (Wildman–Crippen MR) is 133 cm³/mol. The Bertz CT molecular complexity index is 619. The van der Waals surface area contributed by atoms with Gasteiger partial charge in [-0.3, -0.25) is 4.67 Å². The molecule has 0 bridgehead atoms. The fourth-order valence-corrected chi connectivity index (χ4v) is 5.79. The van der Waals surface area contributed by atoms with Gasteiger partial charge < -0.3 is 4.84 Å². The van der Waals surface area contributed by atoms with E-state index in [-0.39, 0.29) is 6.10 Å². The van der Waals surface area contributed by atoms with Crippen molar-refractivity contribution in [2.45, 2.75) is 90.1 Å². The molecule has 1 aliphatic carbocycles. The fourth-order valence-electron chi connectivity index (χ4n) is 5.49. The molecule has 2 aliphatic heterocycles. The van der Waals surface area contributed by atoms with Crippen LogP contribution in [0.4, 0.5) is 0 Å². The minimum absolute atomic E-state index is 0.0340. The molecule has 0 N–H and O–H groups in total. The maximum absolute atomic E-state index is 5.78. The molecule has 1 saturated carbocycles. The highest BCUT2D eigenvalue weighted by Crippen LogP contribution is 2.35. The zero-order valence-corrected chi connectivity index (χ0v) is 20.3. The summed E-state index contributed by atoms with van der Waals surface area (Å²) >= 11 is 0. The van der Waals surface area contributed by atoms with Gasteiger partial charge in [-0.25, -0.2) is 0 Å². The molecule has 2 heterocycles. The number of hydrogen-bond donors (Lipinski definition) is 0. The van der Waals surface area contributed by atoms with Gasteiger partial charge in [-0.05, 0) is 50.0 Å². The van der Waals surface area contributed by atoms with Crippen LogP contribution in [0.5, 0.6) is 0 Å². The van der Waals surface area contributed by atoms with Crippen LogP contribution in [0.2, 0.25) is 0 Å². The van der Waals surface area contributed by atoms with Crippen LogP contribution in [0.1, 0.15) is 84.0 Å². The Hall–Kier alpha value is -0.920. The molecule has 4 heteroatoms. The molecule has 3 nitrogen and oxygen atoms in total. The summed E-state index contributed by atoms with van der Waals surface area (Å²) in [4.78, 5) is 5.78. The molecule has 30 heavy (non-hydrogen) atoms. The van der Waals surface area contributed by atoms with E-state index in [9.17, 15) is 0 Å². The highest BCUT2D eigenvalue weighted by atomic mass is 31.0. The van der Waals surface area contributed by atoms with Crippen molar-refractivity contribution < 1.29 is 4.84 Å². The molecule has 0 aromatic heterocycles. The van der Waals surface area contributed by atoms with Crippen LogP contribution in [-0.4, -0.2) is 29.6 Å². The summed E-state index contributed by atoms with van der Waals surface area (Å²) in [5.41, 5.74) is 2.33. The first-order valence-electron chi connectivity index (χ1n) is 12.4. The molecule has 2 fully saturated rings. The third-order valence-corrected chi connectivity index (χ3v) is 7.95. The number of oxime groups is 1. The van der Waals surface area contributed by atoms with E-state index in [4.69, 9.17) is 4.84 Å². The lowest BCUT2D eigenvalue weighted by Gasteiger charge is -2.34. The van der Waals surface area contributed by atoms with Gasteiger partial charge in [0.1, 0.15) is 0 Å². The summed E-state index contributed by atoms with van der Waals surface area (Å²) < 4.78 is 2.43. The van der Waals surface area contributed by atoms with Crippen molar-refractivity contribution >= 4 is 15.1 Å². The average Bonchev–Trinajstić information content (AvgIpc) is 3.22. The topological polar surface area (TPSA) is 24.8 Å². The van der Waals surface area contributed by atoms with E-state index in [0.717, 1.165) is 23.8 Å². The van der Waals surface area contributed by atoms with E-state index in [1.807, 2.05) is 25.2 Å². The van der Waals surface area contributed by atoms with Crippen molar-refractivity contribution in [1.82, 2.24) is 4.67 Å². The average molecular weight is 431 g/mol. The third-order valence-electron chi connectivity index (χ3n) is 7.44. The molecule has 0 aromatic rings. The van der Waals surface area contributed by atoms with Crippen LogP contribution in [0.25, 0.3) is 0 Å². The summed E-state index contributed by atoms with van der Waals surface area (Å²) in [6.45, 7) is 8.76. The Morgan fingerprint density at radius 2 is 1.60 bits per heavy atom. The van der Waals surface area contributed by atoms with E-state index in [1.54, 1.807) is 0 Å². The number of allylic oxidation sites excluding steroid dienone is 3. The predicted octanol–water partition coefficient (Wildman–Crippen LogP) is 7.08. The Kier molecular flexibility index (Phi) is 10.1. The van der Waals surface area contributed by atoms with Crippen molar-refractivity contribution in [3.05, 3.63) is 36.5 Å². The van der Waals surface area contributed by atoms with Crippen molar-refractivity contribution in [2.75, 3.05) is 13.1 Å². The van der Waals surface area contributed by atoms with Crippen LogP contribution in [0.15, 0.2) is 41.6 Å². The van der Waals surface area contributed by atoms with Crippen LogP contribution in [-0.2, 0) is 4.84 Å². The van der Waals surface area contributed by atoms with Gasteiger partial charge in [0.2, 0.25) is 0 Å². The molecular weight excluding hydrogens is 387 g/mol. The van der Waals surface area contributed by atoms with Crippen LogP contribution in [0, 0.1) is 17.8 Å². The van der Waals surface area contributed by atoms with Gasteiger partial charge in [-0.1, -0.05) is 90.4 Å². The highest BCUT2D eigenvalue weighted by Gasteiger charge is 2.29. The monoisotopic (exact) mass is 430 g/mol.